The van der Waals surface area contributed by atoms with Crippen LogP contribution in [0.1, 0.15) is 24.2 Å². The van der Waals surface area contributed by atoms with Gasteiger partial charge in [0.05, 0.1) is 29.0 Å². The van der Waals surface area contributed by atoms with E-state index in [4.69, 9.17) is 20.9 Å². The molecule has 2 atom stereocenters. The number of pyridine rings is 1. The van der Waals surface area contributed by atoms with Crippen LogP contribution in [0.15, 0.2) is 35.0 Å². The van der Waals surface area contributed by atoms with Crippen LogP contribution < -0.4 is 4.90 Å². The summed E-state index contributed by atoms with van der Waals surface area (Å²) in [6, 6.07) is 7.31. The third-order valence-corrected chi connectivity index (χ3v) is 4.83. The summed E-state index contributed by atoms with van der Waals surface area (Å²) >= 11 is 6.66. The maximum atomic E-state index is 11.8. The lowest BCUT2D eigenvalue weighted by atomic mass is 10.1. The molecule has 7 heteroatoms. The smallest absolute Gasteiger partial charge is 0.188 e. The number of hydrogen-bond acceptors (Lipinski definition) is 6. The van der Waals surface area contributed by atoms with E-state index in [1.54, 1.807) is 12.3 Å². The molecule has 0 saturated carbocycles. The molecule has 1 aliphatic heterocycles. The van der Waals surface area contributed by atoms with Crippen molar-refractivity contribution in [2.24, 2.45) is 0 Å². The average Bonchev–Trinajstić information content (AvgIpc) is 3.05. The zero-order valence-electron chi connectivity index (χ0n) is 14.5. The molecule has 3 heterocycles. The highest BCUT2D eigenvalue weighted by Crippen LogP contribution is 2.40. The van der Waals surface area contributed by atoms with Crippen LogP contribution in [0, 0.1) is 0 Å². The maximum Gasteiger partial charge on any atom is 0.188 e. The van der Waals surface area contributed by atoms with Crippen molar-refractivity contribution in [1.29, 1.82) is 0 Å². The highest BCUT2D eigenvalue weighted by Gasteiger charge is 2.28. The fraction of sp³-hybridized carbons (Fsp3) is 0.316. The Morgan fingerprint density at radius 2 is 2.04 bits per heavy atom. The number of rotatable bonds is 3. The number of halogens is 1. The van der Waals surface area contributed by atoms with E-state index in [9.17, 15) is 4.79 Å². The van der Waals surface area contributed by atoms with Gasteiger partial charge in [-0.2, -0.15) is 0 Å². The molecule has 1 fully saturated rings. The minimum Gasteiger partial charge on any atom is -0.372 e. The molecular formula is C19H18ClN3O3. The van der Waals surface area contributed by atoms with E-state index in [1.165, 1.54) is 0 Å². The van der Waals surface area contributed by atoms with Crippen molar-refractivity contribution < 1.29 is 14.1 Å². The SMILES string of the molecule is C[C@@H]1CN(c2c(C=O)cc3c(-c4ccccn4)noc3c2Cl)C[C@H](C)O1. The molecule has 0 aliphatic carbocycles. The number of ether oxygens (including phenoxy) is 1. The summed E-state index contributed by atoms with van der Waals surface area (Å²) in [5.74, 6) is 0. The van der Waals surface area contributed by atoms with Crippen LogP contribution in [0.4, 0.5) is 5.69 Å². The van der Waals surface area contributed by atoms with Crippen LogP contribution in [-0.2, 0) is 4.74 Å². The van der Waals surface area contributed by atoms with Crippen LogP contribution >= 0.6 is 11.6 Å². The van der Waals surface area contributed by atoms with Crippen molar-refractivity contribution in [3.05, 3.63) is 41.0 Å². The third-order valence-electron chi connectivity index (χ3n) is 4.48. The van der Waals surface area contributed by atoms with Crippen molar-refractivity contribution >= 4 is 34.5 Å². The molecule has 26 heavy (non-hydrogen) atoms. The Kier molecular flexibility index (Phi) is 4.38. The minimum atomic E-state index is 0.0452. The number of anilines is 1. The van der Waals surface area contributed by atoms with Crippen molar-refractivity contribution in [3.63, 3.8) is 0 Å². The van der Waals surface area contributed by atoms with Gasteiger partial charge < -0.3 is 14.2 Å². The minimum absolute atomic E-state index is 0.0452. The first kappa shape index (κ1) is 17.0. The molecule has 6 nitrogen and oxygen atoms in total. The number of fused-ring (bicyclic) bond motifs is 1. The molecular weight excluding hydrogens is 354 g/mol. The standard InChI is InChI=1S/C19H18ClN3O3/c1-11-8-23(9-12(2)25-11)18-13(10-24)7-14-17(15-5-3-4-6-21-15)22-26-19(14)16(18)20/h3-7,10-12H,8-9H2,1-2H3/t11-,12+. The Morgan fingerprint density at radius 3 is 2.69 bits per heavy atom. The normalized spacial score (nSPS) is 20.5. The van der Waals surface area contributed by atoms with E-state index in [0.717, 1.165) is 6.29 Å². The fourth-order valence-corrected chi connectivity index (χ4v) is 3.87. The molecule has 0 radical (unpaired) electrons. The van der Waals surface area contributed by atoms with Gasteiger partial charge in [0.2, 0.25) is 0 Å². The Morgan fingerprint density at radius 1 is 1.27 bits per heavy atom. The lowest BCUT2D eigenvalue weighted by Crippen LogP contribution is -2.46. The highest BCUT2D eigenvalue weighted by atomic mass is 35.5. The molecule has 0 bridgehead atoms. The zero-order valence-corrected chi connectivity index (χ0v) is 15.2. The number of morpholine rings is 1. The molecule has 1 aliphatic rings. The van der Waals surface area contributed by atoms with Gasteiger partial charge in [0.15, 0.2) is 11.9 Å². The summed E-state index contributed by atoms with van der Waals surface area (Å²) in [6.07, 6.45) is 2.59. The maximum absolute atomic E-state index is 11.8. The summed E-state index contributed by atoms with van der Waals surface area (Å²) < 4.78 is 11.3. The van der Waals surface area contributed by atoms with Gasteiger partial charge in [-0.15, -0.1) is 0 Å². The predicted molar refractivity (Wildman–Crippen MR) is 99.9 cm³/mol. The van der Waals surface area contributed by atoms with Gasteiger partial charge in [0.1, 0.15) is 10.7 Å². The Balaban J connectivity index is 1.88. The van der Waals surface area contributed by atoms with Crippen molar-refractivity contribution in [1.82, 2.24) is 10.1 Å². The fourth-order valence-electron chi connectivity index (χ4n) is 3.51. The molecule has 134 valence electrons. The summed E-state index contributed by atoms with van der Waals surface area (Å²) in [5, 5.41) is 5.20. The molecule has 1 aromatic carbocycles. The number of aromatic nitrogens is 2. The summed E-state index contributed by atoms with van der Waals surface area (Å²) in [7, 11) is 0. The largest absolute Gasteiger partial charge is 0.372 e. The number of nitrogens with zero attached hydrogens (tertiary/aromatic N) is 3. The molecule has 0 N–H and O–H groups in total. The van der Waals surface area contributed by atoms with Gasteiger partial charge in [-0.25, -0.2) is 0 Å². The van der Waals surface area contributed by atoms with E-state index in [-0.39, 0.29) is 12.2 Å². The first-order valence-electron chi connectivity index (χ1n) is 8.47. The molecule has 2 aromatic heterocycles. The molecule has 0 amide bonds. The van der Waals surface area contributed by atoms with Crippen LogP contribution in [0.5, 0.6) is 0 Å². The predicted octanol–water partition coefficient (Wildman–Crippen LogP) is 3.97. The lowest BCUT2D eigenvalue weighted by molar-refractivity contribution is -0.00524. The Labute approximate surface area is 155 Å². The van der Waals surface area contributed by atoms with Gasteiger partial charge >= 0.3 is 0 Å². The highest BCUT2D eigenvalue weighted by molar-refractivity contribution is 6.38. The van der Waals surface area contributed by atoms with E-state index in [2.05, 4.69) is 15.0 Å². The van der Waals surface area contributed by atoms with Crippen molar-refractivity contribution in [3.8, 4) is 11.4 Å². The van der Waals surface area contributed by atoms with E-state index >= 15 is 0 Å². The number of benzene rings is 1. The van der Waals surface area contributed by atoms with Crippen LogP contribution in [0.2, 0.25) is 5.02 Å². The monoisotopic (exact) mass is 371 g/mol. The first-order valence-corrected chi connectivity index (χ1v) is 8.85. The summed E-state index contributed by atoms with van der Waals surface area (Å²) in [5.41, 5.74) is 2.87. The van der Waals surface area contributed by atoms with E-state index in [0.29, 0.717) is 51.7 Å². The van der Waals surface area contributed by atoms with E-state index in [1.807, 2.05) is 32.0 Å². The van der Waals surface area contributed by atoms with Gasteiger partial charge in [-0.05, 0) is 32.0 Å². The second-order valence-electron chi connectivity index (χ2n) is 6.53. The molecule has 0 spiro atoms. The van der Waals surface area contributed by atoms with Gasteiger partial charge in [-0.1, -0.05) is 22.8 Å². The molecule has 1 saturated heterocycles. The quantitative estimate of drug-likeness (QED) is 0.649. The Bertz CT molecular complexity index is 948. The summed E-state index contributed by atoms with van der Waals surface area (Å²) in [6.45, 7) is 5.31. The second kappa shape index (κ2) is 6.70. The Hall–Kier alpha value is -2.44. The first-order chi connectivity index (χ1) is 12.6. The third kappa shape index (κ3) is 2.85. The number of carbonyl (C=O) groups is 1. The lowest BCUT2D eigenvalue weighted by Gasteiger charge is -2.37. The second-order valence-corrected chi connectivity index (χ2v) is 6.91. The summed E-state index contributed by atoms with van der Waals surface area (Å²) in [4.78, 5) is 18.2. The van der Waals surface area contributed by atoms with Crippen LogP contribution in [-0.4, -0.2) is 41.7 Å². The zero-order chi connectivity index (χ0) is 18.3. The van der Waals surface area contributed by atoms with Crippen molar-refractivity contribution in [2.75, 3.05) is 18.0 Å². The van der Waals surface area contributed by atoms with Gasteiger partial charge in [-0.3, -0.25) is 9.78 Å². The topological polar surface area (TPSA) is 68.5 Å². The average molecular weight is 372 g/mol. The van der Waals surface area contributed by atoms with Crippen LogP contribution in [0.3, 0.4) is 0 Å². The molecule has 0 unspecified atom stereocenters. The van der Waals surface area contributed by atoms with Gasteiger partial charge in [0.25, 0.3) is 0 Å². The van der Waals surface area contributed by atoms with Crippen molar-refractivity contribution in [2.45, 2.75) is 26.1 Å². The number of aldehydes is 1. The number of hydrogen-bond donors (Lipinski definition) is 0. The molecule has 4 rings (SSSR count). The number of carbonyl (C=O) groups excluding carboxylic acids is 1. The molecule has 3 aromatic rings. The van der Waals surface area contributed by atoms with Crippen LogP contribution in [0.25, 0.3) is 22.4 Å². The van der Waals surface area contributed by atoms with E-state index < -0.39 is 0 Å². The van der Waals surface area contributed by atoms with Gasteiger partial charge in [0, 0.05) is 24.8 Å².